The minimum atomic E-state index is 0.00770. The van der Waals surface area contributed by atoms with Gasteiger partial charge in [-0.05, 0) is 73.4 Å². The van der Waals surface area contributed by atoms with E-state index in [1.807, 2.05) is 23.1 Å². The van der Waals surface area contributed by atoms with Crippen LogP contribution in [0.4, 0.5) is 0 Å². The van der Waals surface area contributed by atoms with E-state index in [0.29, 0.717) is 0 Å². The van der Waals surface area contributed by atoms with Gasteiger partial charge in [0, 0.05) is 30.3 Å². The maximum Gasteiger partial charge on any atom is 0.0546 e. The number of allylic oxidation sites excluding steroid dienone is 1. The predicted octanol–water partition coefficient (Wildman–Crippen LogP) is 12.9. The number of hydrogen-bond acceptors (Lipinski definition) is 3. The zero-order chi connectivity index (χ0) is 27.9. The van der Waals surface area contributed by atoms with Gasteiger partial charge in [0.25, 0.3) is 0 Å². The van der Waals surface area contributed by atoms with Gasteiger partial charge < -0.3 is 0 Å². The Morgan fingerprint density at radius 3 is 1.89 bits per heavy atom. The van der Waals surface area contributed by atoms with Gasteiger partial charge >= 0.3 is 0 Å². The molecule has 0 aromatic carbocycles. The highest BCUT2D eigenvalue weighted by Gasteiger charge is 2.42. The Kier molecular flexibility index (Phi) is 13.1. The highest BCUT2D eigenvalue weighted by molar-refractivity contribution is 9.09. The molecule has 2 rings (SSSR count). The first kappa shape index (κ1) is 33.2. The van der Waals surface area contributed by atoms with Crippen LogP contribution < -0.4 is 0 Å². The van der Waals surface area contributed by atoms with Gasteiger partial charge in [0.2, 0.25) is 0 Å². The molecule has 2 aromatic rings. The quantitative estimate of drug-likeness (QED) is 0.124. The maximum absolute atomic E-state index is 4.51. The first-order valence-corrected chi connectivity index (χ1v) is 18.0. The Morgan fingerprint density at radius 2 is 1.38 bits per heavy atom. The molecule has 0 radical (unpaired) electrons. The lowest BCUT2D eigenvalue weighted by atomic mass is 9.67. The summed E-state index contributed by atoms with van der Waals surface area (Å²) in [6.07, 6.45) is 12.9. The standard InChI is InChI=1S/C33H53BrS3/c1-11-14-16-18-20-25-23-28(32(7,8)31(5,6)24(4)35-13-3)37-29(25)27-22-26(21-19-17-15-12-2)30(36-27)33(9,10)34/h22-23H,4,11-21H2,1-3,5-10H3. The van der Waals surface area contributed by atoms with Crippen molar-refractivity contribution in [2.24, 2.45) is 5.41 Å². The average Bonchev–Trinajstić information content (AvgIpc) is 3.44. The fourth-order valence-electron chi connectivity index (χ4n) is 4.86. The molecule has 0 aliphatic carbocycles. The highest BCUT2D eigenvalue weighted by atomic mass is 79.9. The van der Waals surface area contributed by atoms with Gasteiger partial charge in [-0.3, -0.25) is 0 Å². The van der Waals surface area contributed by atoms with Crippen LogP contribution in [0.2, 0.25) is 0 Å². The molecule has 0 nitrogen and oxygen atoms in total. The Morgan fingerprint density at radius 1 is 0.811 bits per heavy atom. The summed E-state index contributed by atoms with van der Waals surface area (Å²) >= 11 is 10.0. The van der Waals surface area contributed by atoms with Crippen LogP contribution in [0.5, 0.6) is 0 Å². The second-order valence-electron chi connectivity index (χ2n) is 12.1. The molecule has 37 heavy (non-hydrogen) atoms. The molecular weight excluding hydrogens is 572 g/mol. The van der Waals surface area contributed by atoms with Crippen molar-refractivity contribution in [3.8, 4) is 9.75 Å². The lowest BCUT2D eigenvalue weighted by Crippen LogP contribution is -2.36. The monoisotopic (exact) mass is 624 g/mol. The fourth-order valence-corrected chi connectivity index (χ4v) is 9.13. The molecule has 0 aliphatic rings. The zero-order valence-corrected chi connectivity index (χ0v) is 29.3. The third-order valence-electron chi connectivity index (χ3n) is 8.18. The van der Waals surface area contributed by atoms with Crippen molar-refractivity contribution in [1.82, 2.24) is 0 Å². The number of halogens is 1. The molecule has 2 heterocycles. The number of hydrogen-bond donors (Lipinski definition) is 0. The Bertz CT molecular complexity index is 984. The number of unbranched alkanes of at least 4 members (excludes halogenated alkanes) is 6. The lowest BCUT2D eigenvalue weighted by molar-refractivity contribution is 0.267. The fraction of sp³-hybridized carbons (Fsp3) is 0.697. The number of alkyl halides is 1. The lowest BCUT2D eigenvalue weighted by Gasteiger charge is -2.42. The van der Waals surface area contributed by atoms with Crippen molar-refractivity contribution < 1.29 is 0 Å². The van der Waals surface area contributed by atoms with E-state index in [1.54, 1.807) is 11.1 Å². The number of aryl methyl sites for hydroxylation is 2. The van der Waals surface area contributed by atoms with Crippen LogP contribution >= 0.6 is 50.4 Å². The second-order valence-corrected chi connectivity index (χ2v) is 17.6. The van der Waals surface area contributed by atoms with Crippen LogP contribution in [0.3, 0.4) is 0 Å². The van der Waals surface area contributed by atoms with Crippen molar-refractivity contribution in [3.05, 3.63) is 44.5 Å². The predicted molar refractivity (Wildman–Crippen MR) is 179 cm³/mol. The molecule has 0 bridgehead atoms. The third kappa shape index (κ3) is 8.48. The van der Waals surface area contributed by atoms with Gasteiger partial charge in [-0.15, -0.1) is 34.4 Å². The normalized spacial score (nSPS) is 12.9. The second kappa shape index (κ2) is 14.6. The molecule has 0 saturated carbocycles. The van der Waals surface area contributed by atoms with Crippen LogP contribution in [0.1, 0.15) is 135 Å². The van der Waals surface area contributed by atoms with Crippen LogP contribution in [-0.2, 0) is 22.6 Å². The first-order chi connectivity index (χ1) is 17.3. The molecule has 0 N–H and O–H groups in total. The number of thioether (sulfide) groups is 1. The van der Waals surface area contributed by atoms with E-state index in [-0.39, 0.29) is 15.2 Å². The van der Waals surface area contributed by atoms with E-state index in [1.165, 1.54) is 88.6 Å². The zero-order valence-electron chi connectivity index (χ0n) is 25.2. The van der Waals surface area contributed by atoms with Crippen molar-refractivity contribution >= 4 is 50.4 Å². The molecule has 0 spiro atoms. The van der Waals surface area contributed by atoms with Crippen molar-refractivity contribution in [2.45, 2.75) is 136 Å². The summed E-state index contributed by atoms with van der Waals surface area (Å²) < 4.78 is 0.00770. The van der Waals surface area contributed by atoms with Crippen LogP contribution in [0.15, 0.2) is 23.6 Å². The molecule has 0 atom stereocenters. The summed E-state index contributed by atoms with van der Waals surface area (Å²) in [4.78, 5) is 7.32. The minimum Gasteiger partial charge on any atom is -0.139 e. The summed E-state index contributed by atoms with van der Waals surface area (Å²) in [7, 11) is 0. The van der Waals surface area contributed by atoms with Crippen LogP contribution in [0, 0.1) is 5.41 Å². The first-order valence-electron chi connectivity index (χ1n) is 14.6. The summed E-state index contributed by atoms with van der Waals surface area (Å²) in [6, 6.07) is 5.11. The Hall–Kier alpha value is -0.0300. The molecule has 210 valence electrons. The molecule has 2 aromatic heterocycles. The van der Waals surface area contributed by atoms with Gasteiger partial charge in [-0.25, -0.2) is 0 Å². The van der Waals surface area contributed by atoms with E-state index in [2.05, 4.69) is 108 Å². The Labute approximate surface area is 250 Å². The maximum atomic E-state index is 4.51. The average molecular weight is 626 g/mol. The highest BCUT2D eigenvalue weighted by Crippen LogP contribution is 2.53. The SMILES string of the molecule is C=C(SCC)C(C)(C)C(C)(C)c1cc(CCCCCC)c(-c2cc(CCCCCC)c(C(C)(C)Br)s2)s1. The van der Waals surface area contributed by atoms with E-state index >= 15 is 0 Å². The largest absolute Gasteiger partial charge is 0.139 e. The molecule has 4 heteroatoms. The van der Waals surface area contributed by atoms with Crippen molar-refractivity contribution in [1.29, 1.82) is 0 Å². The topological polar surface area (TPSA) is 0 Å². The molecule has 0 saturated heterocycles. The van der Waals surface area contributed by atoms with Crippen LogP contribution in [0.25, 0.3) is 9.75 Å². The molecule has 0 fully saturated rings. The minimum absolute atomic E-state index is 0.00770. The van der Waals surface area contributed by atoms with E-state index in [9.17, 15) is 0 Å². The Balaban J connectivity index is 2.54. The van der Waals surface area contributed by atoms with E-state index in [4.69, 9.17) is 0 Å². The summed E-state index contributed by atoms with van der Waals surface area (Å²) in [5, 5.41) is 0. The van der Waals surface area contributed by atoms with Gasteiger partial charge in [0.1, 0.15) is 0 Å². The van der Waals surface area contributed by atoms with E-state index in [0.717, 1.165) is 5.75 Å². The molecule has 0 amide bonds. The number of thiophene rings is 2. The third-order valence-corrected chi connectivity index (χ3v) is 13.2. The van der Waals surface area contributed by atoms with Gasteiger partial charge in [0.05, 0.1) is 4.32 Å². The summed E-state index contributed by atoms with van der Waals surface area (Å²) in [5.41, 5.74) is 3.15. The van der Waals surface area contributed by atoms with Crippen molar-refractivity contribution in [3.63, 3.8) is 0 Å². The number of rotatable bonds is 17. The smallest absolute Gasteiger partial charge is 0.0546 e. The van der Waals surface area contributed by atoms with E-state index < -0.39 is 0 Å². The molecule has 0 aliphatic heterocycles. The molecular formula is C33H53BrS3. The van der Waals surface area contributed by atoms with Gasteiger partial charge in [0.15, 0.2) is 0 Å². The summed E-state index contributed by atoms with van der Waals surface area (Å²) in [6.45, 7) is 25.6. The van der Waals surface area contributed by atoms with Gasteiger partial charge in [-0.1, -0.05) is 109 Å². The summed E-state index contributed by atoms with van der Waals surface area (Å²) in [5.74, 6) is 1.08. The van der Waals surface area contributed by atoms with Crippen molar-refractivity contribution in [2.75, 3.05) is 5.75 Å². The van der Waals surface area contributed by atoms with Crippen LogP contribution in [-0.4, -0.2) is 5.75 Å². The molecule has 0 unspecified atom stereocenters. The van der Waals surface area contributed by atoms with Gasteiger partial charge in [-0.2, -0.15) is 0 Å².